The smallest absolute Gasteiger partial charge is 0.426 e. The number of rotatable bonds is 7. The standard InChI is InChI=1S/C22H23ClN4O3S/c1-22(2,3)30-21(28)27-25-14-24-20-26-19(13-31-20)16-6-10-18(11-7-16)29-12-15-4-8-17(23)9-5-15/h4-11,13-14H,12H2,1-3H3,(H,27,28)(H,24,25,26). The summed E-state index contributed by atoms with van der Waals surface area (Å²) in [5, 5.41) is 3.17. The summed E-state index contributed by atoms with van der Waals surface area (Å²) >= 11 is 7.29. The molecule has 3 rings (SSSR count). The Balaban J connectivity index is 1.50. The molecule has 0 saturated heterocycles. The van der Waals surface area contributed by atoms with E-state index in [1.165, 1.54) is 17.7 Å². The Kier molecular flexibility index (Phi) is 7.49. The van der Waals surface area contributed by atoms with Gasteiger partial charge in [0.05, 0.1) is 5.69 Å². The first-order chi connectivity index (χ1) is 14.8. The number of ether oxygens (including phenoxy) is 2. The van der Waals surface area contributed by atoms with Gasteiger partial charge in [-0.1, -0.05) is 23.7 Å². The van der Waals surface area contributed by atoms with Crippen molar-refractivity contribution >= 4 is 40.5 Å². The number of amides is 1. The van der Waals surface area contributed by atoms with Crippen molar-refractivity contribution in [1.82, 2.24) is 15.8 Å². The van der Waals surface area contributed by atoms with Gasteiger partial charge >= 0.3 is 6.09 Å². The molecule has 0 aliphatic heterocycles. The van der Waals surface area contributed by atoms with E-state index < -0.39 is 11.7 Å². The van der Waals surface area contributed by atoms with Gasteiger partial charge in [-0.3, -0.25) is 5.43 Å². The molecule has 3 aromatic rings. The lowest BCUT2D eigenvalue weighted by Crippen LogP contribution is -2.40. The van der Waals surface area contributed by atoms with Crippen LogP contribution in [0.2, 0.25) is 5.02 Å². The van der Waals surface area contributed by atoms with E-state index in [9.17, 15) is 4.79 Å². The molecule has 162 valence electrons. The van der Waals surface area contributed by atoms with E-state index in [2.05, 4.69) is 20.8 Å². The molecule has 0 fully saturated rings. The highest BCUT2D eigenvalue weighted by Gasteiger charge is 2.15. The second-order valence-corrected chi connectivity index (χ2v) is 8.76. The largest absolute Gasteiger partial charge is 0.489 e. The van der Waals surface area contributed by atoms with Crippen molar-refractivity contribution in [3.8, 4) is 17.0 Å². The van der Waals surface area contributed by atoms with Crippen LogP contribution in [0.15, 0.2) is 58.9 Å². The van der Waals surface area contributed by atoms with Gasteiger partial charge in [0.2, 0.25) is 5.13 Å². The van der Waals surface area contributed by atoms with E-state index in [1.807, 2.05) is 53.9 Å². The van der Waals surface area contributed by atoms with Crippen molar-refractivity contribution in [3.63, 3.8) is 0 Å². The van der Waals surface area contributed by atoms with Gasteiger partial charge in [-0.2, -0.15) is 0 Å². The zero-order valence-electron chi connectivity index (χ0n) is 17.4. The molecule has 9 heteroatoms. The number of thiazole rings is 1. The molecule has 0 aliphatic rings. The topological polar surface area (TPSA) is 84.8 Å². The molecule has 31 heavy (non-hydrogen) atoms. The van der Waals surface area contributed by atoms with E-state index in [4.69, 9.17) is 21.1 Å². The Labute approximate surface area is 190 Å². The Morgan fingerprint density at radius 1 is 1.16 bits per heavy atom. The summed E-state index contributed by atoms with van der Waals surface area (Å²) in [6, 6.07) is 15.3. The van der Waals surface area contributed by atoms with Crippen LogP contribution >= 0.6 is 22.9 Å². The maximum Gasteiger partial charge on any atom is 0.426 e. The van der Waals surface area contributed by atoms with Crippen LogP contribution in [0.4, 0.5) is 9.93 Å². The number of aromatic nitrogens is 1. The number of halogens is 1. The van der Waals surface area contributed by atoms with Gasteiger partial charge in [0, 0.05) is 16.0 Å². The second-order valence-electron chi connectivity index (χ2n) is 7.48. The molecule has 2 N–H and O–H groups in total. The van der Waals surface area contributed by atoms with Crippen molar-refractivity contribution in [1.29, 1.82) is 0 Å². The number of aliphatic imine (C=N–C) groups is 1. The van der Waals surface area contributed by atoms with Crippen molar-refractivity contribution in [2.45, 2.75) is 33.0 Å². The van der Waals surface area contributed by atoms with Crippen molar-refractivity contribution in [2.75, 3.05) is 0 Å². The number of nitrogens with one attached hydrogen (secondary N) is 2. The van der Waals surface area contributed by atoms with Crippen LogP contribution in [0, 0.1) is 0 Å². The molecular weight excluding hydrogens is 436 g/mol. The van der Waals surface area contributed by atoms with Gasteiger partial charge in [0.25, 0.3) is 0 Å². The summed E-state index contributed by atoms with van der Waals surface area (Å²) < 4.78 is 10.9. The molecule has 7 nitrogen and oxygen atoms in total. The summed E-state index contributed by atoms with van der Waals surface area (Å²) in [5.41, 5.74) is 7.19. The van der Waals surface area contributed by atoms with Crippen LogP contribution in [-0.2, 0) is 11.3 Å². The van der Waals surface area contributed by atoms with Crippen LogP contribution < -0.4 is 15.6 Å². The molecule has 1 aromatic heterocycles. The Morgan fingerprint density at radius 3 is 2.55 bits per heavy atom. The highest BCUT2D eigenvalue weighted by Crippen LogP contribution is 2.28. The maximum absolute atomic E-state index is 11.5. The Morgan fingerprint density at radius 2 is 1.87 bits per heavy atom. The predicted molar refractivity (Wildman–Crippen MR) is 124 cm³/mol. The van der Waals surface area contributed by atoms with E-state index in [-0.39, 0.29) is 0 Å². The minimum atomic E-state index is -0.586. The molecular formula is C22H23ClN4O3S. The predicted octanol–water partition coefficient (Wildman–Crippen LogP) is 5.73. The minimum absolute atomic E-state index is 0.469. The number of hydrogen-bond donors (Lipinski definition) is 2. The monoisotopic (exact) mass is 458 g/mol. The fourth-order valence-electron chi connectivity index (χ4n) is 2.41. The molecule has 1 amide bonds. The molecule has 0 unspecified atom stereocenters. The molecule has 0 saturated carbocycles. The number of nitrogens with zero attached hydrogens (tertiary/aromatic N) is 2. The average Bonchev–Trinajstić information content (AvgIpc) is 3.19. The third kappa shape index (κ3) is 7.58. The third-order valence-corrected chi connectivity index (χ3v) is 4.77. The van der Waals surface area contributed by atoms with Crippen LogP contribution in [0.1, 0.15) is 26.3 Å². The Hall–Kier alpha value is -3.10. The fraction of sp³-hybridized carbons (Fsp3) is 0.227. The van der Waals surface area contributed by atoms with Gasteiger partial charge in [-0.05, 0) is 62.7 Å². The number of carbonyl (C=O) groups excluding carboxylic acids is 1. The highest BCUT2D eigenvalue weighted by atomic mass is 35.5. The van der Waals surface area contributed by atoms with Gasteiger partial charge in [-0.25, -0.2) is 20.2 Å². The lowest BCUT2D eigenvalue weighted by Gasteiger charge is -2.19. The van der Waals surface area contributed by atoms with Crippen LogP contribution in [0.5, 0.6) is 5.75 Å². The van der Waals surface area contributed by atoms with Crippen molar-refractivity contribution < 1.29 is 14.3 Å². The molecule has 0 radical (unpaired) electrons. The lowest BCUT2D eigenvalue weighted by molar-refractivity contribution is 0.0514. The number of carbonyl (C=O) groups is 1. The molecule has 2 aromatic carbocycles. The van der Waals surface area contributed by atoms with Crippen LogP contribution in [-0.4, -0.2) is 23.0 Å². The molecule has 0 spiro atoms. The first kappa shape index (κ1) is 22.6. The quantitative estimate of drug-likeness (QED) is 0.268. The zero-order valence-corrected chi connectivity index (χ0v) is 19.0. The fourth-order valence-corrected chi connectivity index (χ4v) is 3.20. The third-order valence-electron chi connectivity index (χ3n) is 3.77. The number of hydrazine groups is 1. The second kappa shape index (κ2) is 10.3. The normalized spacial score (nSPS) is 11.4. The van der Waals surface area contributed by atoms with Gasteiger partial charge in [0.1, 0.15) is 24.3 Å². The first-order valence-corrected chi connectivity index (χ1v) is 10.7. The van der Waals surface area contributed by atoms with Crippen molar-refractivity contribution in [2.24, 2.45) is 4.99 Å². The van der Waals surface area contributed by atoms with E-state index >= 15 is 0 Å². The first-order valence-electron chi connectivity index (χ1n) is 9.49. The summed E-state index contributed by atoms with van der Waals surface area (Å²) in [6.45, 7) is 5.83. The average molecular weight is 459 g/mol. The summed E-state index contributed by atoms with van der Waals surface area (Å²) in [6.07, 6.45) is 0.761. The summed E-state index contributed by atoms with van der Waals surface area (Å²) in [5.74, 6) is 0.768. The van der Waals surface area contributed by atoms with Crippen LogP contribution in [0.3, 0.4) is 0 Å². The zero-order chi connectivity index (χ0) is 22.3. The van der Waals surface area contributed by atoms with E-state index in [1.54, 1.807) is 20.8 Å². The SMILES string of the molecule is CC(C)(C)OC(=O)NN/C=N/c1nc(-c2ccc(OCc3ccc(Cl)cc3)cc2)cs1. The van der Waals surface area contributed by atoms with Gasteiger partial charge in [-0.15, -0.1) is 11.3 Å². The van der Waals surface area contributed by atoms with E-state index in [0.29, 0.717) is 16.8 Å². The van der Waals surface area contributed by atoms with Crippen LogP contribution in [0.25, 0.3) is 11.3 Å². The molecule has 0 atom stereocenters. The summed E-state index contributed by atoms with van der Waals surface area (Å²) in [4.78, 5) is 20.2. The summed E-state index contributed by atoms with van der Waals surface area (Å²) in [7, 11) is 0. The van der Waals surface area contributed by atoms with Gasteiger partial charge < -0.3 is 9.47 Å². The molecule has 0 bridgehead atoms. The number of benzene rings is 2. The number of hydrogen-bond acceptors (Lipinski definition) is 6. The molecule has 1 heterocycles. The minimum Gasteiger partial charge on any atom is -0.489 e. The maximum atomic E-state index is 11.5. The highest BCUT2D eigenvalue weighted by molar-refractivity contribution is 7.13. The van der Waals surface area contributed by atoms with Gasteiger partial charge in [0.15, 0.2) is 0 Å². The lowest BCUT2D eigenvalue weighted by atomic mass is 10.2. The van der Waals surface area contributed by atoms with E-state index in [0.717, 1.165) is 22.6 Å². The molecule has 0 aliphatic carbocycles. The Bertz CT molecular complexity index is 1030. The van der Waals surface area contributed by atoms with Crippen molar-refractivity contribution in [3.05, 3.63) is 64.5 Å².